The van der Waals surface area contributed by atoms with Crippen molar-refractivity contribution in [3.63, 3.8) is 0 Å². The quantitative estimate of drug-likeness (QED) is 0.693. The lowest BCUT2D eigenvalue weighted by molar-refractivity contribution is 0.0695. The molecule has 0 heterocycles. The number of halogens is 1. The van der Waals surface area contributed by atoms with E-state index >= 15 is 0 Å². The van der Waals surface area contributed by atoms with Crippen LogP contribution in [0.15, 0.2) is 18.2 Å². The fourth-order valence-corrected chi connectivity index (χ4v) is 1.59. The highest BCUT2D eigenvalue weighted by Crippen LogP contribution is 2.08. The lowest BCUT2D eigenvalue weighted by Gasteiger charge is -2.06. The zero-order chi connectivity index (χ0) is 13.9. The molecule has 19 heavy (non-hydrogen) atoms. The second-order valence-corrected chi connectivity index (χ2v) is 4.10. The molecule has 1 aromatic carbocycles. The van der Waals surface area contributed by atoms with Crippen molar-refractivity contribution in [2.45, 2.75) is 13.0 Å². The van der Waals surface area contributed by atoms with Gasteiger partial charge in [0.05, 0.1) is 24.8 Å². The Morgan fingerprint density at radius 3 is 2.84 bits per heavy atom. The number of ether oxygens (including phenoxy) is 2. The van der Waals surface area contributed by atoms with Crippen LogP contribution in [0.3, 0.4) is 0 Å². The molecule has 0 amide bonds. The number of hydrogen-bond acceptors (Lipinski definition) is 4. The molecule has 0 spiro atoms. The molecule has 0 aliphatic rings. The van der Waals surface area contributed by atoms with Gasteiger partial charge in [0.2, 0.25) is 0 Å². The summed E-state index contributed by atoms with van der Waals surface area (Å²) in [5.41, 5.74) is 1.12. The summed E-state index contributed by atoms with van der Waals surface area (Å²) in [6.45, 7) is 3.21. The van der Waals surface area contributed by atoms with Crippen molar-refractivity contribution in [1.29, 1.82) is 5.26 Å². The highest BCUT2D eigenvalue weighted by atomic mass is 19.1. The monoisotopic (exact) mass is 266 g/mol. The van der Waals surface area contributed by atoms with Crippen LogP contribution < -0.4 is 5.32 Å². The number of hydrogen-bond donors (Lipinski definition) is 1. The summed E-state index contributed by atoms with van der Waals surface area (Å²) in [6, 6.07) is 6.29. The molecule has 1 N–H and O–H groups in total. The van der Waals surface area contributed by atoms with E-state index in [9.17, 15) is 4.39 Å². The van der Waals surface area contributed by atoms with Gasteiger partial charge in [-0.15, -0.1) is 0 Å². The first kappa shape index (κ1) is 15.6. The van der Waals surface area contributed by atoms with E-state index in [2.05, 4.69) is 5.32 Å². The van der Waals surface area contributed by atoms with Crippen molar-refractivity contribution in [3.8, 4) is 6.07 Å². The normalized spacial score (nSPS) is 10.4. The number of benzene rings is 1. The Bertz CT molecular complexity index is 418. The molecule has 5 heteroatoms. The van der Waals surface area contributed by atoms with Crippen LogP contribution in [0, 0.1) is 17.1 Å². The van der Waals surface area contributed by atoms with Gasteiger partial charge < -0.3 is 14.8 Å². The lowest BCUT2D eigenvalue weighted by atomic mass is 10.1. The summed E-state index contributed by atoms with van der Waals surface area (Å²) < 4.78 is 23.3. The van der Waals surface area contributed by atoms with Gasteiger partial charge in [-0.3, -0.25) is 0 Å². The molecular weight excluding hydrogens is 247 g/mol. The Balaban J connectivity index is 2.16. The smallest absolute Gasteiger partial charge is 0.124 e. The Hall–Kier alpha value is -1.48. The Kier molecular flexibility index (Phi) is 7.75. The van der Waals surface area contributed by atoms with Crippen molar-refractivity contribution in [2.75, 3.05) is 33.5 Å². The van der Waals surface area contributed by atoms with Gasteiger partial charge in [-0.1, -0.05) is 0 Å². The van der Waals surface area contributed by atoms with Crippen LogP contribution in [0.1, 0.15) is 17.5 Å². The maximum atomic E-state index is 13.2. The predicted octanol–water partition coefficient (Wildman–Crippen LogP) is 1.84. The Labute approximate surface area is 113 Å². The first-order valence-corrected chi connectivity index (χ1v) is 6.23. The third kappa shape index (κ3) is 6.87. The van der Waals surface area contributed by atoms with Crippen molar-refractivity contribution < 1.29 is 13.9 Å². The molecule has 0 atom stereocenters. The van der Waals surface area contributed by atoms with E-state index in [4.69, 9.17) is 14.7 Å². The second kappa shape index (κ2) is 9.45. The van der Waals surface area contributed by atoms with Crippen LogP contribution in [0.2, 0.25) is 0 Å². The summed E-state index contributed by atoms with van der Waals surface area (Å²) in [6.07, 6.45) is 0.879. The third-order valence-corrected chi connectivity index (χ3v) is 2.49. The molecule has 0 aliphatic heterocycles. The van der Waals surface area contributed by atoms with Crippen LogP contribution in [0.5, 0.6) is 0 Å². The zero-order valence-electron chi connectivity index (χ0n) is 11.1. The average molecular weight is 266 g/mol. The van der Waals surface area contributed by atoms with E-state index < -0.39 is 0 Å². The average Bonchev–Trinajstić information content (AvgIpc) is 2.41. The molecule has 1 aromatic rings. The summed E-state index contributed by atoms with van der Waals surface area (Å²) >= 11 is 0. The van der Waals surface area contributed by atoms with Gasteiger partial charge in [-0.2, -0.15) is 5.26 Å². The molecule has 0 unspecified atom stereocenters. The van der Waals surface area contributed by atoms with E-state index in [1.807, 2.05) is 6.07 Å². The predicted molar refractivity (Wildman–Crippen MR) is 70.1 cm³/mol. The number of nitrogens with zero attached hydrogens (tertiary/aromatic N) is 1. The van der Waals surface area contributed by atoms with Gasteiger partial charge in [-0.25, -0.2) is 4.39 Å². The molecule has 0 saturated carbocycles. The largest absolute Gasteiger partial charge is 0.382 e. The van der Waals surface area contributed by atoms with E-state index in [0.717, 1.165) is 18.5 Å². The first-order chi connectivity index (χ1) is 9.26. The van der Waals surface area contributed by atoms with E-state index in [0.29, 0.717) is 31.9 Å². The van der Waals surface area contributed by atoms with Crippen LogP contribution in [0.25, 0.3) is 0 Å². The van der Waals surface area contributed by atoms with Crippen LogP contribution in [-0.4, -0.2) is 33.5 Å². The maximum Gasteiger partial charge on any atom is 0.124 e. The fraction of sp³-hybridized carbons (Fsp3) is 0.500. The summed E-state index contributed by atoms with van der Waals surface area (Å²) in [4.78, 5) is 0. The minimum Gasteiger partial charge on any atom is -0.382 e. The molecule has 0 aromatic heterocycles. The standard InChI is InChI=1S/C14H19FN2O2/c1-18-5-6-19-4-2-3-17-11-13-7-12(10-16)8-14(15)9-13/h7-9,17H,2-6,11H2,1H3. The van der Waals surface area contributed by atoms with Crippen molar-refractivity contribution >= 4 is 0 Å². The minimum absolute atomic E-state index is 0.347. The second-order valence-electron chi connectivity index (χ2n) is 4.10. The van der Waals surface area contributed by atoms with Crippen LogP contribution in [0.4, 0.5) is 4.39 Å². The lowest BCUT2D eigenvalue weighted by Crippen LogP contribution is -2.17. The highest BCUT2D eigenvalue weighted by Gasteiger charge is 2.00. The highest BCUT2D eigenvalue weighted by molar-refractivity contribution is 5.33. The van der Waals surface area contributed by atoms with Crippen molar-refractivity contribution in [2.24, 2.45) is 0 Å². The van der Waals surface area contributed by atoms with E-state index in [1.54, 1.807) is 13.2 Å². The molecule has 104 valence electrons. The molecule has 1 rings (SSSR count). The SMILES string of the molecule is COCCOCCCNCc1cc(F)cc(C#N)c1. The Morgan fingerprint density at radius 1 is 1.26 bits per heavy atom. The third-order valence-electron chi connectivity index (χ3n) is 2.49. The van der Waals surface area contributed by atoms with Crippen molar-refractivity contribution in [1.82, 2.24) is 5.32 Å². The molecule has 0 bridgehead atoms. The minimum atomic E-state index is -0.376. The fourth-order valence-electron chi connectivity index (χ4n) is 1.59. The number of nitrogens with one attached hydrogen (secondary N) is 1. The van der Waals surface area contributed by atoms with Gasteiger partial charge in [0.25, 0.3) is 0 Å². The van der Waals surface area contributed by atoms with Gasteiger partial charge >= 0.3 is 0 Å². The summed E-state index contributed by atoms with van der Waals surface area (Å²) in [7, 11) is 1.64. The van der Waals surface area contributed by atoms with Gasteiger partial charge in [0, 0.05) is 20.3 Å². The molecule has 0 aliphatic carbocycles. The van der Waals surface area contributed by atoms with Gasteiger partial charge in [0.15, 0.2) is 0 Å². The maximum absolute atomic E-state index is 13.2. The van der Waals surface area contributed by atoms with E-state index in [-0.39, 0.29) is 5.82 Å². The van der Waals surface area contributed by atoms with E-state index in [1.165, 1.54) is 12.1 Å². The van der Waals surface area contributed by atoms with Gasteiger partial charge in [-0.05, 0) is 36.7 Å². The van der Waals surface area contributed by atoms with Crippen molar-refractivity contribution in [3.05, 3.63) is 35.1 Å². The van der Waals surface area contributed by atoms with Gasteiger partial charge in [0.1, 0.15) is 5.82 Å². The molecule has 0 saturated heterocycles. The molecular formula is C14H19FN2O2. The number of rotatable bonds is 9. The number of nitriles is 1. The Morgan fingerprint density at radius 2 is 2.11 bits per heavy atom. The van der Waals surface area contributed by atoms with Crippen LogP contribution >= 0.6 is 0 Å². The summed E-state index contributed by atoms with van der Waals surface area (Å²) in [5, 5.41) is 11.9. The first-order valence-electron chi connectivity index (χ1n) is 6.23. The number of methoxy groups -OCH3 is 1. The summed E-state index contributed by atoms with van der Waals surface area (Å²) in [5.74, 6) is -0.376. The topological polar surface area (TPSA) is 54.3 Å². The molecule has 0 radical (unpaired) electrons. The zero-order valence-corrected chi connectivity index (χ0v) is 11.1. The molecule has 4 nitrogen and oxygen atoms in total. The molecule has 0 fully saturated rings. The van der Waals surface area contributed by atoms with Crippen LogP contribution in [-0.2, 0) is 16.0 Å².